The number of aliphatic imine (C=N–C) groups is 1. The third-order valence-corrected chi connectivity index (χ3v) is 2.16. The average molecular weight is 215 g/mol. The molecule has 0 aliphatic heterocycles. The Hall–Kier alpha value is -1.93. The summed E-state index contributed by atoms with van der Waals surface area (Å²) in [6.45, 7) is 0.746. The summed E-state index contributed by atoms with van der Waals surface area (Å²) < 4.78 is 0. The molecule has 0 saturated heterocycles. The van der Waals surface area contributed by atoms with Gasteiger partial charge in [0.05, 0.1) is 6.54 Å². The molecule has 2 aromatic rings. The Balaban J connectivity index is 0.00000128. The first-order valence-corrected chi connectivity index (χ1v) is 5.04. The molecule has 2 heteroatoms. The molecule has 0 bridgehead atoms. The van der Waals surface area contributed by atoms with Crippen LogP contribution in [-0.2, 0) is 6.54 Å². The van der Waals surface area contributed by atoms with E-state index < -0.39 is 0 Å². The Morgan fingerprint density at radius 1 is 0.875 bits per heavy atom. The van der Waals surface area contributed by atoms with Gasteiger partial charge in [0.2, 0.25) is 0 Å². The number of hydrogen-bond acceptors (Lipinski definition) is 1. The van der Waals surface area contributed by atoms with Crippen molar-refractivity contribution in [1.82, 2.24) is 0 Å². The molecule has 0 spiro atoms. The summed E-state index contributed by atoms with van der Waals surface area (Å²) in [6, 6.07) is 20.4. The van der Waals surface area contributed by atoms with E-state index in [0.717, 1.165) is 12.1 Å². The van der Waals surface area contributed by atoms with Crippen molar-refractivity contribution in [2.45, 2.75) is 6.54 Å². The first-order valence-electron chi connectivity index (χ1n) is 5.04. The molecule has 0 fully saturated rings. The summed E-state index contributed by atoms with van der Waals surface area (Å²) in [5.41, 5.74) is 2.39. The van der Waals surface area contributed by atoms with E-state index in [1.807, 2.05) is 42.6 Å². The van der Waals surface area contributed by atoms with Crippen LogP contribution in [0.25, 0.3) is 0 Å². The molecule has 0 amide bonds. The lowest BCUT2D eigenvalue weighted by Gasteiger charge is -1.94. The van der Waals surface area contributed by atoms with Crippen LogP contribution in [-0.4, -0.2) is 11.7 Å². The highest BCUT2D eigenvalue weighted by Crippen LogP contribution is 2.00. The zero-order chi connectivity index (χ0) is 10.3. The van der Waals surface area contributed by atoms with Gasteiger partial charge in [0.25, 0.3) is 0 Å². The molecule has 2 N–H and O–H groups in total. The Morgan fingerprint density at radius 2 is 1.44 bits per heavy atom. The predicted octanol–water partition coefficient (Wildman–Crippen LogP) is 2.73. The largest absolute Gasteiger partial charge is 0.412 e. The first kappa shape index (κ1) is 12.1. The summed E-state index contributed by atoms with van der Waals surface area (Å²) in [6.07, 6.45) is 1.91. The average Bonchev–Trinajstić information content (AvgIpc) is 2.32. The fourth-order valence-electron chi connectivity index (χ4n) is 1.38. The molecule has 2 nitrogen and oxygen atoms in total. The number of hydrogen-bond donors (Lipinski definition) is 0. The Morgan fingerprint density at radius 3 is 2.06 bits per heavy atom. The minimum atomic E-state index is 0. The van der Waals surface area contributed by atoms with Crippen molar-refractivity contribution in [3.8, 4) is 0 Å². The molecule has 0 aliphatic rings. The van der Waals surface area contributed by atoms with Gasteiger partial charge in [-0.1, -0.05) is 60.7 Å². The van der Waals surface area contributed by atoms with Crippen LogP contribution in [0.4, 0.5) is 0 Å². The van der Waals surface area contributed by atoms with Gasteiger partial charge in [0, 0.05) is 7.64 Å². The maximum absolute atomic E-state index is 4.39. The van der Waals surface area contributed by atoms with Gasteiger partial charge in [-0.05, 0) is 11.1 Å². The van der Waals surface area contributed by atoms with E-state index in [-0.39, 0.29) is 6.90 Å². The SMILES string of the molecule is C(=NCc1ccccc1)c1ccccc1.O.[HH]. The van der Waals surface area contributed by atoms with Gasteiger partial charge in [-0.25, -0.2) is 0 Å². The molecule has 0 unspecified atom stereocenters. The van der Waals surface area contributed by atoms with E-state index in [4.69, 9.17) is 0 Å². The minimum Gasteiger partial charge on any atom is -0.412 e. The fraction of sp³-hybridized carbons (Fsp3) is 0.0714. The Kier molecular flexibility index (Phi) is 4.96. The van der Waals surface area contributed by atoms with Crippen molar-refractivity contribution in [2.24, 2.45) is 4.99 Å². The molecule has 0 aliphatic carbocycles. The van der Waals surface area contributed by atoms with Gasteiger partial charge in [0.1, 0.15) is 0 Å². The summed E-state index contributed by atoms with van der Waals surface area (Å²) in [5, 5.41) is 0. The third kappa shape index (κ3) is 3.67. The maximum Gasteiger partial charge on any atom is 0.0639 e. The molecular formula is C14H17NO. The van der Waals surface area contributed by atoms with Gasteiger partial charge in [-0.3, -0.25) is 4.99 Å². The van der Waals surface area contributed by atoms with Crippen molar-refractivity contribution >= 4 is 6.21 Å². The highest BCUT2D eigenvalue weighted by molar-refractivity contribution is 5.79. The Bertz CT molecular complexity index is 428. The highest BCUT2D eigenvalue weighted by Gasteiger charge is 1.87. The van der Waals surface area contributed by atoms with E-state index >= 15 is 0 Å². The number of benzene rings is 2. The van der Waals surface area contributed by atoms with Crippen molar-refractivity contribution in [1.29, 1.82) is 0 Å². The minimum absolute atomic E-state index is 0. The third-order valence-electron chi connectivity index (χ3n) is 2.16. The quantitative estimate of drug-likeness (QED) is 0.707. The van der Waals surface area contributed by atoms with E-state index in [0.29, 0.717) is 0 Å². The predicted molar refractivity (Wildman–Crippen MR) is 69.9 cm³/mol. The van der Waals surface area contributed by atoms with Crippen LogP contribution < -0.4 is 0 Å². The molecule has 0 heterocycles. The van der Waals surface area contributed by atoms with Crippen LogP contribution >= 0.6 is 0 Å². The molecule has 0 atom stereocenters. The van der Waals surface area contributed by atoms with E-state index in [2.05, 4.69) is 29.3 Å². The van der Waals surface area contributed by atoms with Crippen LogP contribution in [0.3, 0.4) is 0 Å². The summed E-state index contributed by atoms with van der Waals surface area (Å²) in [7, 11) is 0. The normalized spacial score (nSPS) is 10.0. The lowest BCUT2D eigenvalue weighted by Crippen LogP contribution is -1.83. The zero-order valence-electron chi connectivity index (χ0n) is 9.01. The van der Waals surface area contributed by atoms with Crippen LogP contribution in [0.1, 0.15) is 12.6 Å². The van der Waals surface area contributed by atoms with Crippen molar-refractivity contribution < 1.29 is 6.90 Å². The second-order valence-electron chi connectivity index (χ2n) is 3.37. The van der Waals surface area contributed by atoms with Crippen molar-refractivity contribution in [2.75, 3.05) is 0 Å². The van der Waals surface area contributed by atoms with Crippen LogP contribution in [0.15, 0.2) is 65.7 Å². The number of rotatable bonds is 3. The van der Waals surface area contributed by atoms with Gasteiger partial charge in [0.15, 0.2) is 0 Å². The van der Waals surface area contributed by atoms with Crippen LogP contribution in [0.2, 0.25) is 0 Å². The molecule has 0 aromatic heterocycles. The maximum atomic E-state index is 4.39. The monoisotopic (exact) mass is 215 g/mol. The second kappa shape index (κ2) is 6.53. The summed E-state index contributed by atoms with van der Waals surface area (Å²) in [4.78, 5) is 4.39. The van der Waals surface area contributed by atoms with Crippen molar-refractivity contribution in [3.05, 3.63) is 71.8 Å². The first-order chi connectivity index (χ1) is 7.45. The molecule has 0 radical (unpaired) electrons. The molecular weight excluding hydrogens is 198 g/mol. The lowest BCUT2D eigenvalue weighted by molar-refractivity contribution is 0.824. The highest BCUT2D eigenvalue weighted by atomic mass is 16.0. The standard InChI is InChI=1S/C14H13N.H2O.H2/c1-3-7-13(8-4-1)11-15-12-14-9-5-2-6-10-14;;/h1-11H,12H2;1H2;1H. The van der Waals surface area contributed by atoms with E-state index in [1.165, 1.54) is 5.56 Å². The fourth-order valence-corrected chi connectivity index (χ4v) is 1.38. The molecule has 2 aromatic carbocycles. The van der Waals surface area contributed by atoms with Gasteiger partial charge >= 0.3 is 0 Å². The van der Waals surface area contributed by atoms with Crippen molar-refractivity contribution in [3.63, 3.8) is 0 Å². The van der Waals surface area contributed by atoms with Crippen LogP contribution in [0, 0.1) is 0 Å². The Labute approximate surface area is 97.1 Å². The topological polar surface area (TPSA) is 43.9 Å². The summed E-state index contributed by atoms with van der Waals surface area (Å²) in [5.74, 6) is 0. The summed E-state index contributed by atoms with van der Waals surface area (Å²) >= 11 is 0. The van der Waals surface area contributed by atoms with Gasteiger partial charge in [-0.15, -0.1) is 0 Å². The number of nitrogens with zero attached hydrogens (tertiary/aromatic N) is 1. The molecule has 84 valence electrons. The second-order valence-corrected chi connectivity index (χ2v) is 3.37. The molecule has 0 saturated carbocycles. The molecule has 16 heavy (non-hydrogen) atoms. The molecule has 2 rings (SSSR count). The smallest absolute Gasteiger partial charge is 0.0639 e. The van der Waals surface area contributed by atoms with Gasteiger partial charge in [-0.2, -0.15) is 0 Å². The van der Waals surface area contributed by atoms with Crippen LogP contribution in [0.5, 0.6) is 0 Å². The van der Waals surface area contributed by atoms with Gasteiger partial charge < -0.3 is 5.48 Å². The van der Waals surface area contributed by atoms with E-state index in [9.17, 15) is 0 Å². The van der Waals surface area contributed by atoms with E-state index in [1.54, 1.807) is 0 Å². The zero-order valence-corrected chi connectivity index (χ0v) is 9.01. The lowest BCUT2D eigenvalue weighted by atomic mass is 10.2.